The van der Waals surface area contributed by atoms with Crippen LogP contribution >= 0.6 is 0 Å². The molecule has 0 heterocycles. The van der Waals surface area contributed by atoms with E-state index in [1.54, 1.807) is 18.2 Å². The highest BCUT2D eigenvalue weighted by Crippen LogP contribution is 2.42. The summed E-state index contributed by atoms with van der Waals surface area (Å²) in [7, 11) is -3.27. The summed E-state index contributed by atoms with van der Waals surface area (Å²) in [6.07, 6.45) is 6.51. The average Bonchev–Trinajstić information content (AvgIpc) is 2.78. The normalized spacial score (nSPS) is 17.7. The number of hydrogen-bond acceptors (Lipinski definition) is 4. The summed E-state index contributed by atoms with van der Waals surface area (Å²) in [4.78, 5) is 14.6. The van der Waals surface area contributed by atoms with Gasteiger partial charge in [-0.05, 0) is 30.5 Å². The second-order valence-corrected chi connectivity index (χ2v) is 6.64. The fraction of sp³-hybridized carbons (Fsp3) is 0.462. The maximum absolute atomic E-state index is 11.1. The van der Waals surface area contributed by atoms with E-state index in [1.807, 2.05) is 12.1 Å². The lowest BCUT2D eigenvalue weighted by molar-refractivity contribution is 0.456. The van der Waals surface area contributed by atoms with Gasteiger partial charge in [-0.1, -0.05) is 25.0 Å². The van der Waals surface area contributed by atoms with Crippen LogP contribution in [0.2, 0.25) is 0 Å². The quantitative estimate of drug-likeness (QED) is 0.678. The molecule has 0 radical (unpaired) electrons. The first kappa shape index (κ1) is 13.8. The zero-order valence-corrected chi connectivity index (χ0v) is 11.5. The molecular formula is C13H16N2O3S. The first-order valence-electron chi connectivity index (χ1n) is 6.13. The highest BCUT2D eigenvalue weighted by molar-refractivity contribution is 7.92. The lowest BCUT2D eigenvalue weighted by atomic mass is 9.89. The Hall–Kier alpha value is -1.65. The van der Waals surface area contributed by atoms with Gasteiger partial charge in [0.1, 0.15) is 0 Å². The summed E-state index contributed by atoms with van der Waals surface area (Å²) < 4.78 is 24.7. The second kappa shape index (κ2) is 5.15. The molecule has 0 bridgehead atoms. The van der Waals surface area contributed by atoms with Crippen molar-refractivity contribution in [3.8, 4) is 0 Å². The third-order valence-corrected chi connectivity index (χ3v) is 4.02. The Balaban J connectivity index is 2.29. The molecule has 1 aliphatic rings. The third-order valence-electron chi connectivity index (χ3n) is 3.42. The van der Waals surface area contributed by atoms with Crippen LogP contribution in [-0.2, 0) is 20.4 Å². The third kappa shape index (κ3) is 3.22. The molecule has 1 aliphatic carbocycles. The summed E-state index contributed by atoms with van der Waals surface area (Å²) in [5, 5.41) is 0. The van der Waals surface area contributed by atoms with Crippen molar-refractivity contribution in [1.82, 2.24) is 0 Å². The number of nitrogens with zero attached hydrogens (tertiary/aromatic N) is 1. The van der Waals surface area contributed by atoms with Gasteiger partial charge in [-0.15, -0.1) is 0 Å². The number of benzene rings is 1. The molecule has 0 spiro atoms. The van der Waals surface area contributed by atoms with Crippen molar-refractivity contribution in [1.29, 1.82) is 0 Å². The summed E-state index contributed by atoms with van der Waals surface area (Å²) in [6, 6.07) is 7.02. The van der Waals surface area contributed by atoms with Gasteiger partial charge in [0.25, 0.3) is 0 Å². The number of anilines is 1. The Morgan fingerprint density at radius 2 is 1.79 bits per heavy atom. The molecule has 0 unspecified atom stereocenters. The van der Waals surface area contributed by atoms with E-state index in [0.717, 1.165) is 37.5 Å². The lowest BCUT2D eigenvalue weighted by Gasteiger charge is -2.23. The van der Waals surface area contributed by atoms with Crippen molar-refractivity contribution in [2.75, 3.05) is 11.0 Å². The fourth-order valence-corrected chi connectivity index (χ4v) is 3.14. The van der Waals surface area contributed by atoms with Crippen molar-refractivity contribution in [2.45, 2.75) is 31.2 Å². The van der Waals surface area contributed by atoms with E-state index in [4.69, 9.17) is 0 Å². The molecule has 0 amide bonds. The minimum Gasteiger partial charge on any atom is -0.284 e. The van der Waals surface area contributed by atoms with Crippen LogP contribution in [0, 0.1) is 0 Å². The van der Waals surface area contributed by atoms with Crippen molar-refractivity contribution in [2.24, 2.45) is 4.99 Å². The van der Waals surface area contributed by atoms with Gasteiger partial charge in [0, 0.05) is 5.69 Å². The minimum atomic E-state index is -3.27. The SMILES string of the molecule is CS(=O)(=O)Nc1ccc(C2(N=C=O)CCCC2)cc1. The predicted molar refractivity (Wildman–Crippen MR) is 73.2 cm³/mol. The summed E-state index contributed by atoms with van der Waals surface area (Å²) >= 11 is 0. The summed E-state index contributed by atoms with van der Waals surface area (Å²) in [6.45, 7) is 0. The van der Waals surface area contributed by atoms with Crippen LogP contribution in [0.25, 0.3) is 0 Å². The zero-order valence-electron chi connectivity index (χ0n) is 10.7. The molecule has 0 atom stereocenters. The van der Waals surface area contributed by atoms with E-state index in [-0.39, 0.29) is 0 Å². The Labute approximate surface area is 112 Å². The van der Waals surface area contributed by atoms with E-state index in [1.165, 1.54) is 0 Å². The largest absolute Gasteiger partial charge is 0.284 e. The number of rotatable bonds is 4. The molecule has 1 N–H and O–H groups in total. The topological polar surface area (TPSA) is 75.6 Å². The lowest BCUT2D eigenvalue weighted by Crippen LogP contribution is -2.19. The second-order valence-electron chi connectivity index (χ2n) is 4.89. The van der Waals surface area contributed by atoms with Gasteiger partial charge < -0.3 is 0 Å². The van der Waals surface area contributed by atoms with Gasteiger partial charge in [0.15, 0.2) is 0 Å². The van der Waals surface area contributed by atoms with Crippen LogP contribution in [0.15, 0.2) is 29.3 Å². The number of isocyanates is 1. The standard InChI is InChI=1S/C13H16N2O3S/c1-19(17,18)15-12-6-4-11(5-7-12)13(14-10-16)8-2-3-9-13/h4-7,15H,2-3,8-9H2,1H3. The predicted octanol–water partition coefficient (Wildman–Crippen LogP) is 2.16. The highest BCUT2D eigenvalue weighted by Gasteiger charge is 2.35. The zero-order chi connectivity index (χ0) is 13.9. The number of aliphatic imine (C=N–C) groups is 1. The number of hydrogen-bond donors (Lipinski definition) is 1. The van der Waals surface area contributed by atoms with Crippen LogP contribution in [0.3, 0.4) is 0 Å². The van der Waals surface area contributed by atoms with Crippen molar-refractivity contribution in [3.05, 3.63) is 29.8 Å². The molecular weight excluding hydrogens is 264 g/mol. The van der Waals surface area contributed by atoms with Crippen molar-refractivity contribution >= 4 is 21.8 Å². The van der Waals surface area contributed by atoms with Crippen LogP contribution in [0.4, 0.5) is 5.69 Å². The van der Waals surface area contributed by atoms with Gasteiger partial charge in [-0.3, -0.25) is 4.72 Å². The maximum atomic E-state index is 11.1. The van der Waals surface area contributed by atoms with Gasteiger partial charge in [0.2, 0.25) is 16.1 Å². The Bertz CT molecular complexity index is 595. The van der Waals surface area contributed by atoms with E-state index in [9.17, 15) is 13.2 Å². The van der Waals surface area contributed by atoms with Gasteiger partial charge in [-0.25, -0.2) is 13.2 Å². The Kier molecular flexibility index (Phi) is 3.73. The molecule has 6 heteroatoms. The fourth-order valence-electron chi connectivity index (χ4n) is 2.57. The molecule has 102 valence electrons. The minimum absolute atomic E-state index is 0.467. The molecule has 1 fully saturated rings. The highest BCUT2D eigenvalue weighted by atomic mass is 32.2. The summed E-state index contributed by atoms with van der Waals surface area (Å²) in [5.74, 6) is 0. The van der Waals surface area contributed by atoms with E-state index >= 15 is 0 Å². The van der Waals surface area contributed by atoms with Gasteiger partial charge >= 0.3 is 0 Å². The Morgan fingerprint density at radius 1 is 1.21 bits per heavy atom. The first-order chi connectivity index (χ1) is 8.95. The van der Waals surface area contributed by atoms with Crippen molar-refractivity contribution < 1.29 is 13.2 Å². The average molecular weight is 280 g/mol. The molecule has 0 aromatic heterocycles. The van der Waals surface area contributed by atoms with Crippen LogP contribution in [-0.4, -0.2) is 20.8 Å². The molecule has 1 aromatic rings. The number of nitrogens with one attached hydrogen (secondary N) is 1. The molecule has 0 aliphatic heterocycles. The van der Waals surface area contributed by atoms with Crippen LogP contribution < -0.4 is 4.72 Å². The van der Waals surface area contributed by atoms with Gasteiger partial charge in [-0.2, -0.15) is 4.99 Å². The molecule has 5 nitrogen and oxygen atoms in total. The Morgan fingerprint density at radius 3 is 2.26 bits per heavy atom. The van der Waals surface area contributed by atoms with Crippen LogP contribution in [0.5, 0.6) is 0 Å². The summed E-state index contributed by atoms with van der Waals surface area (Å²) in [5.41, 5.74) is 0.979. The molecule has 19 heavy (non-hydrogen) atoms. The van der Waals surface area contributed by atoms with Crippen LogP contribution in [0.1, 0.15) is 31.2 Å². The van der Waals surface area contributed by atoms with E-state index < -0.39 is 15.6 Å². The monoisotopic (exact) mass is 280 g/mol. The van der Waals surface area contributed by atoms with E-state index in [0.29, 0.717) is 5.69 Å². The van der Waals surface area contributed by atoms with Crippen molar-refractivity contribution in [3.63, 3.8) is 0 Å². The number of carbonyl (C=O) groups excluding carboxylic acids is 1. The molecule has 1 aromatic carbocycles. The molecule has 2 rings (SSSR count). The maximum Gasteiger partial charge on any atom is 0.235 e. The smallest absolute Gasteiger partial charge is 0.235 e. The number of sulfonamides is 1. The van der Waals surface area contributed by atoms with Gasteiger partial charge in [0.05, 0.1) is 11.8 Å². The molecule has 0 saturated heterocycles. The van der Waals surface area contributed by atoms with E-state index in [2.05, 4.69) is 9.71 Å². The first-order valence-corrected chi connectivity index (χ1v) is 8.02. The molecule has 1 saturated carbocycles.